The van der Waals surface area contributed by atoms with E-state index in [-0.39, 0.29) is 24.7 Å². The summed E-state index contributed by atoms with van der Waals surface area (Å²) in [5.41, 5.74) is 0. The molecule has 2 rings (SSSR count). The van der Waals surface area contributed by atoms with E-state index in [2.05, 4.69) is 15.1 Å². The van der Waals surface area contributed by atoms with Crippen LogP contribution in [0.4, 0.5) is 4.79 Å². The van der Waals surface area contributed by atoms with E-state index in [0.717, 1.165) is 25.5 Å². The number of hydrogen-bond acceptors (Lipinski definition) is 4. The van der Waals surface area contributed by atoms with Gasteiger partial charge in [0, 0.05) is 37.6 Å². The predicted octanol–water partition coefficient (Wildman–Crippen LogP) is 0.385. The summed E-state index contributed by atoms with van der Waals surface area (Å²) in [5.74, 6) is 0. The van der Waals surface area contributed by atoms with E-state index in [1.807, 2.05) is 19.2 Å². The Bertz CT molecular complexity index is 602. The number of nitrogens with zero attached hydrogens (tertiary/aromatic N) is 3. The summed E-state index contributed by atoms with van der Waals surface area (Å²) in [4.78, 5) is 14.2. The van der Waals surface area contributed by atoms with Crippen LogP contribution in [-0.2, 0) is 16.6 Å². The van der Waals surface area contributed by atoms with Crippen molar-refractivity contribution in [3.05, 3.63) is 18.5 Å². The number of piperidine rings is 1. The van der Waals surface area contributed by atoms with Crippen LogP contribution in [0.1, 0.15) is 26.2 Å². The number of carbonyl (C=O) groups excluding carboxylic acids is 1. The lowest BCUT2D eigenvalue weighted by molar-refractivity contribution is 0.148. The summed E-state index contributed by atoms with van der Waals surface area (Å²) in [6, 6.07) is 1.53. The van der Waals surface area contributed by atoms with Crippen molar-refractivity contribution in [2.24, 2.45) is 0 Å². The summed E-state index contributed by atoms with van der Waals surface area (Å²) < 4.78 is 26.8. The first-order valence-corrected chi connectivity index (χ1v) is 9.73. The number of carbonyl (C=O) groups is 1. The third kappa shape index (κ3) is 5.83. The molecule has 0 spiro atoms. The first-order chi connectivity index (χ1) is 10.8. The number of aromatic nitrogens is 2. The Hall–Kier alpha value is -1.61. The topological polar surface area (TPSA) is 96.3 Å². The van der Waals surface area contributed by atoms with Crippen molar-refractivity contribution in [2.45, 2.75) is 44.8 Å². The minimum Gasteiger partial charge on any atom is -0.334 e. The van der Waals surface area contributed by atoms with Crippen molar-refractivity contribution in [2.75, 3.05) is 19.3 Å². The zero-order valence-electron chi connectivity index (χ0n) is 13.6. The Morgan fingerprint density at radius 1 is 1.43 bits per heavy atom. The normalized spacial score (nSPS) is 20.3. The van der Waals surface area contributed by atoms with Gasteiger partial charge in [0.15, 0.2) is 0 Å². The molecule has 0 aliphatic carbocycles. The van der Waals surface area contributed by atoms with Gasteiger partial charge in [-0.05, 0) is 32.3 Å². The molecule has 130 valence electrons. The zero-order valence-corrected chi connectivity index (χ0v) is 14.4. The molecule has 1 saturated heterocycles. The average Bonchev–Trinajstić information content (AvgIpc) is 2.97. The lowest BCUT2D eigenvalue weighted by atomic mass is 10.0. The van der Waals surface area contributed by atoms with E-state index in [0.29, 0.717) is 13.1 Å². The highest BCUT2D eigenvalue weighted by Gasteiger charge is 2.27. The monoisotopic (exact) mass is 343 g/mol. The molecule has 1 aromatic heterocycles. The number of likely N-dealkylation sites (tertiary alicyclic amines) is 1. The molecule has 0 unspecified atom stereocenters. The average molecular weight is 343 g/mol. The van der Waals surface area contributed by atoms with Gasteiger partial charge in [0.1, 0.15) is 0 Å². The van der Waals surface area contributed by atoms with Crippen molar-refractivity contribution in [1.82, 2.24) is 24.7 Å². The van der Waals surface area contributed by atoms with Crippen LogP contribution in [0.25, 0.3) is 0 Å². The first kappa shape index (κ1) is 17.7. The minimum absolute atomic E-state index is 0.0622. The van der Waals surface area contributed by atoms with Crippen molar-refractivity contribution in [1.29, 1.82) is 0 Å². The molecule has 1 fully saturated rings. The highest BCUT2D eigenvalue weighted by atomic mass is 32.2. The maximum Gasteiger partial charge on any atom is 0.317 e. The van der Waals surface area contributed by atoms with E-state index in [1.165, 1.54) is 0 Å². The Labute approximate surface area is 137 Å². The zero-order chi connectivity index (χ0) is 16.9. The Morgan fingerprint density at radius 2 is 2.22 bits per heavy atom. The van der Waals surface area contributed by atoms with Gasteiger partial charge in [-0.3, -0.25) is 4.68 Å². The van der Waals surface area contributed by atoms with Crippen molar-refractivity contribution >= 4 is 16.1 Å². The molecule has 0 bridgehead atoms. The molecule has 9 heteroatoms. The number of hydrogen-bond donors (Lipinski definition) is 2. The second kappa shape index (κ2) is 7.78. The fourth-order valence-electron chi connectivity index (χ4n) is 2.76. The Morgan fingerprint density at radius 3 is 2.87 bits per heavy atom. The third-order valence-electron chi connectivity index (χ3n) is 3.86. The number of urea groups is 1. The lowest BCUT2D eigenvalue weighted by Gasteiger charge is -2.36. The quantitative estimate of drug-likeness (QED) is 0.781. The van der Waals surface area contributed by atoms with Crippen LogP contribution >= 0.6 is 0 Å². The van der Waals surface area contributed by atoms with Crippen LogP contribution < -0.4 is 10.0 Å². The molecule has 2 amide bonds. The summed E-state index contributed by atoms with van der Waals surface area (Å²) in [6.07, 6.45) is 7.43. The number of sulfonamides is 1. The molecule has 8 nitrogen and oxygen atoms in total. The van der Waals surface area contributed by atoms with Gasteiger partial charge in [0.05, 0.1) is 12.8 Å². The van der Waals surface area contributed by atoms with E-state index in [4.69, 9.17) is 0 Å². The van der Waals surface area contributed by atoms with Crippen LogP contribution in [0.5, 0.6) is 0 Å². The van der Waals surface area contributed by atoms with Crippen LogP contribution in [0.2, 0.25) is 0 Å². The van der Waals surface area contributed by atoms with Crippen molar-refractivity contribution < 1.29 is 13.2 Å². The smallest absolute Gasteiger partial charge is 0.317 e. The van der Waals surface area contributed by atoms with Gasteiger partial charge in [-0.1, -0.05) is 0 Å². The van der Waals surface area contributed by atoms with Crippen LogP contribution in [-0.4, -0.2) is 60.6 Å². The maximum absolute atomic E-state index is 12.5. The van der Waals surface area contributed by atoms with Crippen LogP contribution in [0.15, 0.2) is 18.5 Å². The molecule has 0 aromatic carbocycles. The molecule has 1 aromatic rings. The van der Waals surface area contributed by atoms with Crippen LogP contribution in [0.3, 0.4) is 0 Å². The number of nitrogens with one attached hydrogen (secondary N) is 2. The summed E-state index contributed by atoms with van der Waals surface area (Å²) >= 11 is 0. The van der Waals surface area contributed by atoms with Gasteiger partial charge in [0.25, 0.3) is 0 Å². The van der Waals surface area contributed by atoms with Gasteiger partial charge in [-0.2, -0.15) is 5.10 Å². The fraction of sp³-hybridized carbons (Fsp3) is 0.714. The van der Waals surface area contributed by atoms with Crippen LogP contribution in [0, 0.1) is 0 Å². The first-order valence-electron chi connectivity index (χ1n) is 7.84. The SMILES string of the molecule is C[C@H](Cn1cccn1)NC(=O)N1CCCC[C@@H]1CNS(C)(=O)=O. The second-order valence-electron chi connectivity index (χ2n) is 6.04. The minimum atomic E-state index is -3.25. The number of rotatable bonds is 6. The van der Waals surface area contributed by atoms with E-state index in [1.54, 1.807) is 15.8 Å². The van der Waals surface area contributed by atoms with Gasteiger partial charge in [-0.25, -0.2) is 17.9 Å². The Balaban J connectivity index is 1.89. The second-order valence-corrected chi connectivity index (χ2v) is 7.88. The lowest BCUT2D eigenvalue weighted by Crippen LogP contribution is -2.54. The molecule has 1 aliphatic heterocycles. The third-order valence-corrected chi connectivity index (χ3v) is 4.55. The summed E-state index contributed by atoms with van der Waals surface area (Å²) in [7, 11) is -3.25. The summed E-state index contributed by atoms with van der Waals surface area (Å²) in [6.45, 7) is 3.43. The molecular weight excluding hydrogens is 318 g/mol. The standard InChI is InChI=1S/C14H25N5O3S/c1-12(11-18-8-5-7-15-18)17-14(20)19-9-4-3-6-13(19)10-16-23(2,21)22/h5,7-8,12-13,16H,3-4,6,9-11H2,1-2H3,(H,17,20)/t12-,13-/m1/s1. The highest BCUT2D eigenvalue weighted by molar-refractivity contribution is 7.88. The fourth-order valence-corrected chi connectivity index (χ4v) is 3.25. The molecule has 2 N–H and O–H groups in total. The van der Waals surface area contributed by atoms with Gasteiger partial charge in [0.2, 0.25) is 10.0 Å². The molecule has 0 radical (unpaired) electrons. The molecule has 2 atom stereocenters. The van der Waals surface area contributed by atoms with E-state index >= 15 is 0 Å². The van der Waals surface area contributed by atoms with E-state index in [9.17, 15) is 13.2 Å². The van der Waals surface area contributed by atoms with Gasteiger partial charge in [-0.15, -0.1) is 0 Å². The predicted molar refractivity (Wildman–Crippen MR) is 87.4 cm³/mol. The van der Waals surface area contributed by atoms with Crippen molar-refractivity contribution in [3.63, 3.8) is 0 Å². The Kier molecular flexibility index (Phi) is 6.00. The highest BCUT2D eigenvalue weighted by Crippen LogP contribution is 2.17. The van der Waals surface area contributed by atoms with Gasteiger partial charge < -0.3 is 10.2 Å². The van der Waals surface area contributed by atoms with Gasteiger partial charge >= 0.3 is 6.03 Å². The molecule has 2 heterocycles. The number of amides is 2. The largest absolute Gasteiger partial charge is 0.334 e. The molecule has 0 saturated carbocycles. The van der Waals surface area contributed by atoms with Crippen molar-refractivity contribution in [3.8, 4) is 0 Å². The maximum atomic E-state index is 12.5. The molecule has 23 heavy (non-hydrogen) atoms. The molecule has 1 aliphatic rings. The summed E-state index contributed by atoms with van der Waals surface area (Å²) in [5, 5.41) is 7.09. The molecular formula is C14H25N5O3S. The van der Waals surface area contributed by atoms with E-state index < -0.39 is 10.0 Å².